The highest BCUT2D eigenvalue weighted by molar-refractivity contribution is 6.46. The van der Waals surface area contributed by atoms with Crippen LogP contribution < -0.4 is 9.47 Å². The van der Waals surface area contributed by atoms with Crippen molar-refractivity contribution in [3.8, 4) is 11.5 Å². The first-order valence-corrected chi connectivity index (χ1v) is 12.3. The second-order valence-corrected chi connectivity index (χ2v) is 8.74. The topological polar surface area (TPSA) is 76.1 Å². The average Bonchev–Trinajstić information content (AvgIpc) is 3.14. The fourth-order valence-electron chi connectivity index (χ4n) is 4.35. The van der Waals surface area contributed by atoms with E-state index in [9.17, 15) is 14.7 Å². The SMILES string of the molecule is CCOc1ccc(C2C(=C(O)c3ccc(Cl)cc3)C(=O)C(=O)N2CCc2ccccc2)cc1OCC. The van der Waals surface area contributed by atoms with Crippen molar-refractivity contribution in [1.82, 2.24) is 4.90 Å². The number of benzene rings is 3. The molecule has 6 nitrogen and oxygen atoms in total. The van der Waals surface area contributed by atoms with E-state index in [2.05, 4.69) is 0 Å². The third kappa shape index (κ3) is 5.24. The molecular weight excluding hydrogens is 478 g/mol. The normalized spacial score (nSPS) is 16.9. The summed E-state index contributed by atoms with van der Waals surface area (Å²) in [5, 5.41) is 11.7. The maximum atomic E-state index is 13.3. The lowest BCUT2D eigenvalue weighted by molar-refractivity contribution is -0.139. The first-order valence-electron chi connectivity index (χ1n) is 11.9. The number of aliphatic hydroxyl groups is 1. The number of aliphatic hydroxyl groups excluding tert-OH is 1. The molecule has 0 radical (unpaired) electrons. The van der Waals surface area contributed by atoms with Crippen molar-refractivity contribution < 1.29 is 24.2 Å². The zero-order valence-corrected chi connectivity index (χ0v) is 21.0. The molecule has 0 aliphatic carbocycles. The van der Waals surface area contributed by atoms with Gasteiger partial charge in [0.05, 0.1) is 24.8 Å². The van der Waals surface area contributed by atoms with Crippen molar-refractivity contribution in [1.29, 1.82) is 0 Å². The molecule has 1 aliphatic rings. The van der Waals surface area contributed by atoms with E-state index in [-0.39, 0.29) is 11.3 Å². The number of ether oxygens (including phenoxy) is 2. The molecule has 1 fully saturated rings. The van der Waals surface area contributed by atoms with Gasteiger partial charge in [-0.15, -0.1) is 0 Å². The predicted octanol–water partition coefficient (Wildman–Crippen LogP) is 5.80. The number of likely N-dealkylation sites (tertiary alicyclic amines) is 1. The van der Waals surface area contributed by atoms with Gasteiger partial charge in [-0.2, -0.15) is 0 Å². The van der Waals surface area contributed by atoms with E-state index in [4.69, 9.17) is 21.1 Å². The summed E-state index contributed by atoms with van der Waals surface area (Å²) in [6.07, 6.45) is 0.556. The van der Waals surface area contributed by atoms with Crippen molar-refractivity contribution in [2.75, 3.05) is 19.8 Å². The summed E-state index contributed by atoms with van der Waals surface area (Å²) in [6.45, 7) is 4.94. The lowest BCUT2D eigenvalue weighted by Gasteiger charge is -2.26. The molecule has 1 unspecified atom stereocenters. The van der Waals surface area contributed by atoms with Crippen LogP contribution in [0.15, 0.2) is 78.4 Å². The van der Waals surface area contributed by atoms with Gasteiger partial charge in [0.25, 0.3) is 11.7 Å². The number of hydrogen-bond donors (Lipinski definition) is 1. The molecule has 4 rings (SSSR count). The van der Waals surface area contributed by atoms with Crippen LogP contribution in [0.25, 0.3) is 5.76 Å². The number of ketones is 1. The van der Waals surface area contributed by atoms with Gasteiger partial charge in [-0.05, 0) is 67.8 Å². The van der Waals surface area contributed by atoms with Gasteiger partial charge in [-0.25, -0.2) is 0 Å². The second-order valence-electron chi connectivity index (χ2n) is 8.31. The molecule has 0 spiro atoms. The van der Waals surface area contributed by atoms with Crippen molar-refractivity contribution in [2.24, 2.45) is 0 Å². The molecule has 0 aromatic heterocycles. The van der Waals surface area contributed by atoms with Crippen molar-refractivity contribution in [3.63, 3.8) is 0 Å². The lowest BCUT2D eigenvalue weighted by atomic mass is 9.95. The fourth-order valence-corrected chi connectivity index (χ4v) is 4.48. The number of halogens is 1. The number of hydrogen-bond acceptors (Lipinski definition) is 5. The van der Waals surface area contributed by atoms with Crippen LogP contribution in [0.3, 0.4) is 0 Å². The first-order chi connectivity index (χ1) is 17.4. The van der Waals surface area contributed by atoms with E-state index in [0.717, 1.165) is 5.56 Å². The number of Topliss-reactive ketones (excluding diaryl/α,β-unsaturated/α-hetero) is 1. The van der Waals surface area contributed by atoms with Crippen LogP contribution in [0, 0.1) is 0 Å². The number of nitrogens with zero attached hydrogens (tertiary/aromatic N) is 1. The molecule has 0 bridgehead atoms. The maximum absolute atomic E-state index is 13.3. The minimum absolute atomic E-state index is 0.0296. The van der Waals surface area contributed by atoms with Crippen LogP contribution >= 0.6 is 11.6 Å². The van der Waals surface area contributed by atoms with Crippen LogP contribution in [0.1, 0.15) is 36.6 Å². The molecule has 3 aromatic rings. The second kappa shape index (κ2) is 11.3. The Labute approximate surface area is 215 Å². The Hall–Kier alpha value is -3.77. The zero-order chi connectivity index (χ0) is 25.7. The first kappa shape index (κ1) is 25.3. The number of carbonyl (C=O) groups excluding carboxylic acids is 2. The van der Waals surface area contributed by atoms with E-state index >= 15 is 0 Å². The number of carbonyl (C=O) groups is 2. The minimum atomic E-state index is -0.792. The largest absolute Gasteiger partial charge is 0.507 e. The Morgan fingerprint density at radius 3 is 2.25 bits per heavy atom. The molecule has 7 heteroatoms. The summed E-state index contributed by atoms with van der Waals surface area (Å²) >= 11 is 6.01. The van der Waals surface area contributed by atoms with E-state index in [1.165, 1.54) is 4.90 Å². The summed E-state index contributed by atoms with van der Waals surface area (Å²) in [4.78, 5) is 28.0. The molecule has 1 saturated heterocycles. The van der Waals surface area contributed by atoms with Crippen molar-refractivity contribution in [3.05, 3.63) is 100 Å². The van der Waals surface area contributed by atoms with Gasteiger partial charge in [0.15, 0.2) is 11.5 Å². The maximum Gasteiger partial charge on any atom is 0.295 e. The highest BCUT2D eigenvalue weighted by atomic mass is 35.5. The van der Waals surface area contributed by atoms with Gasteiger partial charge in [-0.1, -0.05) is 48.0 Å². The minimum Gasteiger partial charge on any atom is -0.507 e. The third-order valence-electron chi connectivity index (χ3n) is 6.03. The summed E-state index contributed by atoms with van der Waals surface area (Å²) in [6, 6.07) is 20.8. The summed E-state index contributed by atoms with van der Waals surface area (Å²) in [5.74, 6) is -0.547. The van der Waals surface area contributed by atoms with Crippen molar-refractivity contribution in [2.45, 2.75) is 26.3 Å². The van der Waals surface area contributed by atoms with Crippen LogP contribution in [-0.4, -0.2) is 41.5 Å². The Balaban J connectivity index is 1.82. The smallest absolute Gasteiger partial charge is 0.295 e. The van der Waals surface area contributed by atoms with Gasteiger partial charge in [0.1, 0.15) is 5.76 Å². The van der Waals surface area contributed by atoms with Crippen LogP contribution in [0.4, 0.5) is 0 Å². The number of amides is 1. The Kier molecular flexibility index (Phi) is 7.96. The van der Waals surface area contributed by atoms with Crippen LogP contribution in [0.5, 0.6) is 11.5 Å². The third-order valence-corrected chi connectivity index (χ3v) is 6.28. The Bertz CT molecular complexity index is 1270. The molecule has 1 N–H and O–H groups in total. The predicted molar refractivity (Wildman–Crippen MR) is 139 cm³/mol. The summed E-state index contributed by atoms with van der Waals surface area (Å²) in [5.41, 5.74) is 2.12. The molecule has 1 aliphatic heterocycles. The van der Waals surface area contributed by atoms with E-state index in [1.54, 1.807) is 42.5 Å². The monoisotopic (exact) mass is 505 g/mol. The van der Waals surface area contributed by atoms with Gasteiger partial charge >= 0.3 is 0 Å². The van der Waals surface area contributed by atoms with Crippen molar-refractivity contribution >= 4 is 29.1 Å². The lowest BCUT2D eigenvalue weighted by Crippen LogP contribution is -2.31. The Morgan fingerprint density at radius 1 is 0.917 bits per heavy atom. The Morgan fingerprint density at radius 2 is 1.58 bits per heavy atom. The average molecular weight is 506 g/mol. The molecule has 1 amide bonds. The highest BCUT2D eigenvalue weighted by Crippen LogP contribution is 2.42. The molecule has 1 heterocycles. The molecule has 1 atom stereocenters. The highest BCUT2D eigenvalue weighted by Gasteiger charge is 2.46. The molecule has 0 saturated carbocycles. The zero-order valence-electron chi connectivity index (χ0n) is 20.2. The molecule has 186 valence electrons. The molecule has 36 heavy (non-hydrogen) atoms. The van der Waals surface area contributed by atoms with E-state index in [0.29, 0.717) is 53.8 Å². The van der Waals surface area contributed by atoms with Gasteiger partial charge < -0.3 is 19.5 Å². The van der Waals surface area contributed by atoms with E-state index < -0.39 is 17.7 Å². The quantitative estimate of drug-likeness (QED) is 0.226. The van der Waals surface area contributed by atoms with Crippen LogP contribution in [0.2, 0.25) is 5.02 Å². The van der Waals surface area contributed by atoms with Gasteiger partial charge in [-0.3, -0.25) is 9.59 Å². The number of rotatable bonds is 9. The van der Waals surface area contributed by atoms with Crippen LogP contribution in [-0.2, 0) is 16.0 Å². The standard InChI is InChI=1S/C29H28ClNO5/c1-3-35-23-15-12-21(18-24(23)36-4-2)26-25(27(32)20-10-13-22(30)14-11-20)28(33)29(34)31(26)17-16-19-8-6-5-7-9-19/h5-15,18,26,32H,3-4,16-17H2,1-2H3. The summed E-state index contributed by atoms with van der Waals surface area (Å²) in [7, 11) is 0. The molecular formula is C29H28ClNO5. The van der Waals surface area contributed by atoms with Gasteiger partial charge in [0, 0.05) is 17.1 Å². The molecule has 3 aromatic carbocycles. The fraction of sp³-hybridized carbons (Fsp3) is 0.241. The van der Waals surface area contributed by atoms with E-state index in [1.807, 2.05) is 44.2 Å². The summed E-state index contributed by atoms with van der Waals surface area (Å²) < 4.78 is 11.5. The van der Waals surface area contributed by atoms with Gasteiger partial charge in [0.2, 0.25) is 0 Å².